The van der Waals surface area contributed by atoms with Gasteiger partial charge < -0.3 is 19.3 Å². The first-order valence-electron chi connectivity index (χ1n) is 11.1. The fourth-order valence-electron chi connectivity index (χ4n) is 4.05. The topological polar surface area (TPSA) is 84.7 Å². The molecule has 2 aromatic carbocycles. The minimum absolute atomic E-state index is 0.0986. The number of aryl methyl sites for hydroxylation is 1. The molecule has 0 radical (unpaired) electrons. The van der Waals surface area contributed by atoms with Crippen LogP contribution in [0.25, 0.3) is 5.76 Å². The van der Waals surface area contributed by atoms with Crippen molar-refractivity contribution in [2.24, 2.45) is 0 Å². The van der Waals surface area contributed by atoms with Gasteiger partial charge in [-0.05, 0) is 30.5 Å². The number of hydrogen-bond donors (Lipinski definition) is 1. The first-order valence-corrected chi connectivity index (χ1v) is 11.1. The minimum Gasteiger partial charge on any atom is -0.507 e. The molecule has 3 aromatic rings. The van der Waals surface area contributed by atoms with Crippen molar-refractivity contribution >= 4 is 17.4 Å². The molecule has 170 valence electrons. The predicted octanol–water partition coefficient (Wildman–Crippen LogP) is 4.18. The number of ketones is 1. The zero-order valence-corrected chi connectivity index (χ0v) is 18.6. The van der Waals surface area contributed by atoms with Crippen LogP contribution in [-0.4, -0.2) is 44.4 Å². The Morgan fingerprint density at radius 1 is 1.09 bits per heavy atom. The summed E-state index contributed by atoms with van der Waals surface area (Å²) in [7, 11) is 0. The van der Waals surface area contributed by atoms with Crippen molar-refractivity contribution in [1.29, 1.82) is 0 Å². The van der Waals surface area contributed by atoms with Gasteiger partial charge in [0.1, 0.15) is 11.5 Å². The predicted molar refractivity (Wildman–Crippen MR) is 125 cm³/mol. The average molecular weight is 446 g/mol. The van der Waals surface area contributed by atoms with Gasteiger partial charge in [0, 0.05) is 31.0 Å². The number of ether oxygens (including phenoxy) is 1. The number of aromatic nitrogens is 2. The first kappa shape index (κ1) is 22.3. The van der Waals surface area contributed by atoms with Crippen LogP contribution < -0.4 is 4.74 Å². The zero-order valence-electron chi connectivity index (χ0n) is 18.6. The number of Topliss-reactive ketones (excluding diaryl/α,β-unsaturated/α-hetero) is 1. The van der Waals surface area contributed by atoms with Gasteiger partial charge in [0.05, 0.1) is 24.5 Å². The summed E-state index contributed by atoms with van der Waals surface area (Å²) in [6, 6.07) is 15.5. The molecular weight excluding hydrogens is 418 g/mol. The van der Waals surface area contributed by atoms with Crippen molar-refractivity contribution < 1.29 is 19.4 Å². The van der Waals surface area contributed by atoms with Gasteiger partial charge in [-0.1, -0.05) is 49.4 Å². The molecule has 1 N–H and O–H groups in total. The number of aliphatic hydroxyl groups is 1. The molecule has 1 aliphatic heterocycles. The number of benzene rings is 2. The van der Waals surface area contributed by atoms with Gasteiger partial charge >= 0.3 is 0 Å². The van der Waals surface area contributed by atoms with E-state index in [4.69, 9.17) is 4.74 Å². The van der Waals surface area contributed by atoms with E-state index < -0.39 is 17.7 Å². The van der Waals surface area contributed by atoms with Crippen LogP contribution in [0, 0.1) is 0 Å². The molecule has 0 aliphatic carbocycles. The Hall–Kier alpha value is -3.87. The normalized spacial score (nSPS) is 17.5. The monoisotopic (exact) mass is 445 g/mol. The van der Waals surface area contributed by atoms with E-state index in [2.05, 4.69) is 4.98 Å². The molecule has 7 nitrogen and oxygen atoms in total. The SMILES string of the molecule is CCCOc1cccc([C@H]2/C(=C(\O)c3ccccc3)C(=O)C(=O)N2CCCn2ccnc2)c1. The lowest BCUT2D eigenvalue weighted by Crippen LogP contribution is -2.31. The highest BCUT2D eigenvalue weighted by atomic mass is 16.5. The highest BCUT2D eigenvalue weighted by Gasteiger charge is 2.45. The molecule has 2 heterocycles. The van der Waals surface area contributed by atoms with Crippen LogP contribution in [0.1, 0.15) is 36.9 Å². The van der Waals surface area contributed by atoms with Crippen LogP contribution in [0.2, 0.25) is 0 Å². The summed E-state index contributed by atoms with van der Waals surface area (Å²) in [6.45, 7) is 3.62. The fraction of sp³-hybridized carbons (Fsp3) is 0.269. The molecule has 0 bridgehead atoms. The van der Waals surface area contributed by atoms with Gasteiger partial charge in [-0.2, -0.15) is 0 Å². The van der Waals surface area contributed by atoms with Crippen molar-refractivity contribution in [3.63, 3.8) is 0 Å². The number of hydrogen-bond acceptors (Lipinski definition) is 5. The van der Waals surface area contributed by atoms with Gasteiger partial charge in [-0.25, -0.2) is 4.98 Å². The van der Waals surface area contributed by atoms with Gasteiger partial charge in [-0.15, -0.1) is 0 Å². The molecule has 1 amide bonds. The number of likely N-dealkylation sites (tertiary alicyclic amines) is 1. The van der Waals surface area contributed by atoms with Gasteiger partial charge in [-0.3, -0.25) is 9.59 Å². The number of carbonyl (C=O) groups is 2. The number of nitrogens with zero attached hydrogens (tertiary/aromatic N) is 3. The second-order valence-corrected chi connectivity index (χ2v) is 7.93. The number of aliphatic hydroxyl groups excluding tert-OH is 1. The highest BCUT2D eigenvalue weighted by molar-refractivity contribution is 6.46. The van der Waals surface area contributed by atoms with Crippen LogP contribution in [0.5, 0.6) is 5.75 Å². The third-order valence-electron chi connectivity index (χ3n) is 5.61. The van der Waals surface area contributed by atoms with Crippen molar-refractivity contribution in [2.45, 2.75) is 32.4 Å². The van der Waals surface area contributed by atoms with Crippen molar-refractivity contribution in [2.75, 3.05) is 13.2 Å². The Balaban J connectivity index is 1.72. The molecule has 4 rings (SSSR count). The van der Waals surface area contributed by atoms with Crippen molar-refractivity contribution in [1.82, 2.24) is 14.5 Å². The van der Waals surface area contributed by atoms with Gasteiger partial charge in [0.15, 0.2) is 0 Å². The Morgan fingerprint density at radius 3 is 2.64 bits per heavy atom. The van der Waals surface area contributed by atoms with Crippen molar-refractivity contribution in [3.05, 3.63) is 90.0 Å². The summed E-state index contributed by atoms with van der Waals surface area (Å²) >= 11 is 0. The zero-order chi connectivity index (χ0) is 23.2. The number of amides is 1. The quantitative estimate of drug-likeness (QED) is 0.303. The van der Waals surface area contributed by atoms with Crippen LogP contribution in [0.3, 0.4) is 0 Å². The molecular formula is C26H27N3O4. The maximum atomic E-state index is 13.1. The second-order valence-electron chi connectivity index (χ2n) is 7.93. The molecule has 33 heavy (non-hydrogen) atoms. The van der Waals surface area contributed by atoms with Crippen LogP contribution in [-0.2, 0) is 16.1 Å². The Kier molecular flexibility index (Phi) is 6.88. The van der Waals surface area contributed by atoms with E-state index in [1.165, 1.54) is 0 Å². The Labute approximate surface area is 192 Å². The lowest BCUT2D eigenvalue weighted by molar-refractivity contribution is -0.139. The maximum Gasteiger partial charge on any atom is 0.295 e. The van der Waals surface area contributed by atoms with E-state index in [9.17, 15) is 14.7 Å². The summed E-state index contributed by atoms with van der Waals surface area (Å²) in [5.41, 5.74) is 1.32. The van der Waals surface area contributed by atoms with E-state index in [1.54, 1.807) is 41.7 Å². The minimum atomic E-state index is -0.696. The molecule has 0 saturated carbocycles. The highest BCUT2D eigenvalue weighted by Crippen LogP contribution is 2.40. The van der Waals surface area contributed by atoms with Crippen molar-refractivity contribution in [3.8, 4) is 5.75 Å². The number of carbonyl (C=O) groups excluding carboxylic acids is 2. The summed E-state index contributed by atoms with van der Waals surface area (Å²) in [5.74, 6) is -0.791. The lowest BCUT2D eigenvalue weighted by Gasteiger charge is -2.25. The summed E-state index contributed by atoms with van der Waals surface area (Å²) in [4.78, 5) is 31.8. The average Bonchev–Trinajstić information content (AvgIpc) is 3.45. The van der Waals surface area contributed by atoms with E-state index in [-0.39, 0.29) is 11.3 Å². The largest absolute Gasteiger partial charge is 0.507 e. The molecule has 1 atom stereocenters. The molecule has 1 fully saturated rings. The van der Waals surface area contributed by atoms with E-state index >= 15 is 0 Å². The Bertz CT molecular complexity index is 1140. The second kappa shape index (κ2) is 10.2. The first-order chi connectivity index (χ1) is 16.1. The number of rotatable bonds is 9. The molecule has 1 saturated heterocycles. The van der Waals surface area contributed by atoms with Crippen LogP contribution >= 0.6 is 0 Å². The standard InChI is InChI=1S/C26H27N3O4/c1-2-16-33-21-11-6-10-20(17-21)23-22(24(30)19-8-4-3-5-9-19)25(31)26(32)29(23)14-7-13-28-15-12-27-18-28/h3-6,8-12,15,17-18,23,30H,2,7,13-14,16H2,1H3/b24-22+/t23-/m0/s1. The smallest absolute Gasteiger partial charge is 0.295 e. The summed E-state index contributed by atoms with van der Waals surface area (Å²) < 4.78 is 7.70. The van der Waals surface area contributed by atoms with Gasteiger partial charge in [0.25, 0.3) is 11.7 Å². The van der Waals surface area contributed by atoms with Gasteiger partial charge in [0.2, 0.25) is 0 Å². The molecule has 0 spiro atoms. The van der Waals surface area contributed by atoms with E-state index in [1.807, 2.05) is 48.0 Å². The number of imidazole rings is 1. The third kappa shape index (κ3) is 4.82. The molecule has 1 aliphatic rings. The summed E-state index contributed by atoms with van der Waals surface area (Å²) in [5, 5.41) is 11.1. The molecule has 0 unspecified atom stereocenters. The van der Waals surface area contributed by atoms with Crippen LogP contribution in [0.4, 0.5) is 0 Å². The van der Waals surface area contributed by atoms with E-state index in [0.29, 0.717) is 37.4 Å². The molecule has 7 heteroatoms. The van der Waals surface area contributed by atoms with E-state index in [0.717, 1.165) is 12.0 Å². The lowest BCUT2D eigenvalue weighted by atomic mass is 9.95. The maximum absolute atomic E-state index is 13.1. The molecule has 1 aromatic heterocycles. The van der Waals surface area contributed by atoms with Crippen LogP contribution in [0.15, 0.2) is 78.9 Å². The summed E-state index contributed by atoms with van der Waals surface area (Å²) in [6.07, 6.45) is 6.78. The fourth-order valence-corrected chi connectivity index (χ4v) is 4.05. The Morgan fingerprint density at radius 2 is 1.91 bits per heavy atom. The third-order valence-corrected chi connectivity index (χ3v) is 5.61.